The molecular weight excluding hydrogens is 204 g/mol. The average Bonchev–Trinajstić information content (AvgIpc) is 2.71. The Morgan fingerprint density at radius 1 is 0.882 bits per heavy atom. The number of hydrogen-bond acceptors (Lipinski definition) is 0. The highest BCUT2D eigenvalue weighted by Gasteiger charge is 2.36. The highest BCUT2D eigenvalue weighted by atomic mass is 14.4. The van der Waals surface area contributed by atoms with E-state index in [0.717, 1.165) is 0 Å². The Morgan fingerprint density at radius 2 is 1.82 bits per heavy atom. The normalized spacial score (nSPS) is 27.1. The molecular formula is C17H12. The van der Waals surface area contributed by atoms with Gasteiger partial charge in [0.1, 0.15) is 0 Å². The second kappa shape index (κ2) is 2.98. The molecule has 1 unspecified atom stereocenters. The summed E-state index contributed by atoms with van der Waals surface area (Å²) in [6, 6.07) is 8.65. The van der Waals surface area contributed by atoms with Crippen LogP contribution in [0, 0.1) is 5.41 Å². The fourth-order valence-corrected chi connectivity index (χ4v) is 3.06. The fraction of sp³-hybridized carbons (Fsp3) is 0.0588. The standard InChI is InChI=1S/C17H12/c1-2-9-15-13(6-1)12-17-11-4-3-7-14(17)8-5-10-16(15)17/h1-12H. The number of benzene rings is 1. The van der Waals surface area contributed by atoms with E-state index in [4.69, 9.17) is 0 Å². The van der Waals surface area contributed by atoms with Gasteiger partial charge in [0.05, 0.1) is 5.41 Å². The molecule has 17 heavy (non-hydrogen) atoms. The lowest BCUT2D eigenvalue weighted by molar-refractivity contribution is 0.852. The third-order valence-electron chi connectivity index (χ3n) is 3.84. The zero-order chi connectivity index (χ0) is 11.3. The van der Waals surface area contributed by atoms with E-state index in [9.17, 15) is 0 Å². The molecule has 80 valence electrons. The Kier molecular flexibility index (Phi) is 1.58. The summed E-state index contributed by atoms with van der Waals surface area (Å²) >= 11 is 0. The molecule has 0 bridgehead atoms. The van der Waals surface area contributed by atoms with Crippen molar-refractivity contribution in [3.05, 3.63) is 82.8 Å². The molecule has 0 saturated carbocycles. The smallest absolute Gasteiger partial charge is 0.0580 e. The molecule has 0 radical (unpaired) electrons. The van der Waals surface area contributed by atoms with Crippen LogP contribution in [0.15, 0.2) is 72.4 Å². The lowest BCUT2D eigenvalue weighted by Crippen LogP contribution is -2.23. The fourth-order valence-electron chi connectivity index (χ4n) is 3.06. The first-order valence-corrected chi connectivity index (χ1v) is 5.98. The second-order valence-corrected chi connectivity index (χ2v) is 4.71. The highest BCUT2D eigenvalue weighted by molar-refractivity contribution is 5.85. The summed E-state index contributed by atoms with van der Waals surface area (Å²) in [5.74, 6) is 0. The van der Waals surface area contributed by atoms with Gasteiger partial charge in [-0.1, -0.05) is 72.9 Å². The van der Waals surface area contributed by atoms with Crippen LogP contribution in [0.4, 0.5) is 0 Å². The van der Waals surface area contributed by atoms with Crippen molar-refractivity contribution in [3.8, 4) is 0 Å². The van der Waals surface area contributed by atoms with Crippen molar-refractivity contribution < 1.29 is 0 Å². The van der Waals surface area contributed by atoms with Gasteiger partial charge < -0.3 is 0 Å². The van der Waals surface area contributed by atoms with Gasteiger partial charge in [0.2, 0.25) is 0 Å². The van der Waals surface area contributed by atoms with Gasteiger partial charge in [-0.3, -0.25) is 0 Å². The lowest BCUT2D eigenvalue weighted by atomic mass is 9.70. The summed E-state index contributed by atoms with van der Waals surface area (Å²) in [5.41, 5.74) is 2.77. The van der Waals surface area contributed by atoms with Gasteiger partial charge in [-0.05, 0) is 21.6 Å². The minimum absolute atomic E-state index is 0.00676. The molecule has 1 aromatic rings. The summed E-state index contributed by atoms with van der Waals surface area (Å²) in [4.78, 5) is 0. The quantitative estimate of drug-likeness (QED) is 0.624. The van der Waals surface area contributed by atoms with Crippen LogP contribution >= 0.6 is 0 Å². The van der Waals surface area contributed by atoms with Gasteiger partial charge in [-0.15, -0.1) is 0 Å². The van der Waals surface area contributed by atoms with E-state index in [1.54, 1.807) is 0 Å². The van der Waals surface area contributed by atoms with Crippen LogP contribution in [-0.4, -0.2) is 0 Å². The largest absolute Gasteiger partial charge is 0.0658 e. The van der Waals surface area contributed by atoms with E-state index in [0.29, 0.717) is 0 Å². The van der Waals surface area contributed by atoms with Crippen LogP contribution in [0.5, 0.6) is 0 Å². The maximum absolute atomic E-state index is 2.38. The monoisotopic (exact) mass is 216 g/mol. The van der Waals surface area contributed by atoms with Gasteiger partial charge in [-0.2, -0.15) is 0 Å². The third-order valence-corrected chi connectivity index (χ3v) is 3.84. The zero-order valence-electron chi connectivity index (χ0n) is 9.43. The van der Waals surface area contributed by atoms with Crippen molar-refractivity contribution in [2.24, 2.45) is 5.41 Å². The summed E-state index contributed by atoms with van der Waals surface area (Å²) in [7, 11) is 0. The van der Waals surface area contributed by atoms with Crippen molar-refractivity contribution in [2.45, 2.75) is 0 Å². The molecule has 0 saturated heterocycles. The molecule has 3 aliphatic carbocycles. The van der Waals surface area contributed by atoms with Gasteiger partial charge in [0.15, 0.2) is 0 Å². The van der Waals surface area contributed by atoms with Crippen LogP contribution in [0.2, 0.25) is 0 Å². The molecule has 0 fully saturated rings. The Hall–Kier alpha value is -2.08. The highest BCUT2D eigenvalue weighted by Crippen LogP contribution is 2.46. The minimum atomic E-state index is -0.00676. The Morgan fingerprint density at radius 3 is 2.82 bits per heavy atom. The average molecular weight is 216 g/mol. The van der Waals surface area contributed by atoms with E-state index in [1.165, 1.54) is 21.6 Å². The predicted octanol–water partition coefficient (Wildman–Crippen LogP) is 2.24. The van der Waals surface area contributed by atoms with Crippen molar-refractivity contribution in [3.63, 3.8) is 0 Å². The first-order valence-electron chi connectivity index (χ1n) is 5.98. The van der Waals surface area contributed by atoms with Gasteiger partial charge >= 0.3 is 0 Å². The van der Waals surface area contributed by atoms with E-state index in [-0.39, 0.29) is 5.41 Å². The Labute approximate surface area is 100 Å². The van der Waals surface area contributed by atoms with Gasteiger partial charge in [0.25, 0.3) is 0 Å². The zero-order valence-corrected chi connectivity index (χ0v) is 9.43. The van der Waals surface area contributed by atoms with Crippen LogP contribution in [0.25, 0.3) is 11.6 Å². The molecule has 1 spiro atoms. The molecule has 0 heteroatoms. The van der Waals surface area contributed by atoms with Crippen LogP contribution < -0.4 is 10.4 Å². The maximum Gasteiger partial charge on any atom is 0.0580 e. The molecule has 1 atom stereocenters. The predicted molar refractivity (Wildman–Crippen MR) is 71.5 cm³/mol. The molecule has 0 aromatic heterocycles. The van der Waals surface area contributed by atoms with E-state index < -0.39 is 0 Å². The lowest BCUT2D eigenvalue weighted by Gasteiger charge is -2.32. The molecule has 0 amide bonds. The molecule has 0 heterocycles. The van der Waals surface area contributed by atoms with Crippen molar-refractivity contribution in [1.82, 2.24) is 0 Å². The molecule has 0 nitrogen and oxygen atoms in total. The third kappa shape index (κ3) is 1.03. The van der Waals surface area contributed by atoms with Crippen molar-refractivity contribution >= 4 is 11.6 Å². The second-order valence-electron chi connectivity index (χ2n) is 4.71. The van der Waals surface area contributed by atoms with Crippen molar-refractivity contribution in [2.75, 3.05) is 0 Å². The summed E-state index contributed by atoms with van der Waals surface area (Å²) < 4.78 is 0. The topological polar surface area (TPSA) is 0 Å². The number of hydrogen-bond donors (Lipinski definition) is 0. The number of fused-ring (bicyclic) bond motifs is 1. The summed E-state index contributed by atoms with van der Waals surface area (Å²) in [6.07, 6.45) is 17.8. The number of allylic oxidation sites excluding steroid dienone is 8. The molecule has 0 aliphatic heterocycles. The summed E-state index contributed by atoms with van der Waals surface area (Å²) in [5, 5.41) is 2.72. The minimum Gasteiger partial charge on any atom is -0.0658 e. The summed E-state index contributed by atoms with van der Waals surface area (Å²) in [6.45, 7) is 0. The van der Waals surface area contributed by atoms with E-state index in [2.05, 4.69) is 72.9 Å². The first kappa shape index (κ1) is 9.00. The molecule has 1 aromatic carbocycles. The number of rotatable bonds is 0. The molecule has 3 aliphatic rings. The maximum atomic E-state index is 2.38. The van der Waals surface area contributed by atoms with Gasteiger partial charge in [-0.25, -0.2) is 0 Å². The van der Waals surface area contributed by atoms with E-state index >= 15 is 0 Å². The van der Waals surface area contributed by atoms with Crippen molar-refractivity contribution in [1.29, 1.82) is 0 Å². The van der Waals surface area contributed by atoms with E-state index in [1.807, 2.05) is 0 Å². The van der Waals surface area contributed by atoms with Crippen LogP contribution in [-0.2, 0) is 0 Å². The molecule has 0 N–H and O–H groups in total. The van der Waals surface area contributed by atoms with Gasteiger partial charge in [0, 0.05) is 0 Å². The van der Waals surface area contributed by atoms with Crippen LogP contribution in [0.3, 0.4) is 0 Å². The first-order chi connectivity index (χ1) is 8.40. The molecule has 4 rings (SSSR count). The van der Waals surface area contributed by atoms with Crippen LogP contribution in [0.1, 0.15) is 0 Å². The SMILES string of the molecule is C1=CC2=CC=CC3=c4ccccc4=CC23C=C1. The Balaban J connectivity index is 2.18. The Bertz CT molecular complexity index is 738.